The lowest BCUT2D eigenvalue weighted by Gasteiger charge is -2.23. The van der Waals surface area contributed by atoms with Crippen LogP contribution in [0.4, 0.5) is 5.82 Å². The van der Waals surface area contributed by atoms with Crippen molar-refractivity contribution in [3.05, 3.63) is 18.6 Å². The molecule has 16 heavy (non-hydrogen) atoms. The maximum atomic E-state index is 4.18. The van der Waals surface area contributed by atoms with Gasteiger partial charge in [-0.15, -0.1) is 0 Å². The Labute approximate surface area is 97.1 Å². The Morgan fingerprint density at radius 2 is 2.19 bits per heavy atom. The molecular formula is C12H20N4. The monoisotopic (exact) mass is 220 g/mol. The third-order valence-electron chi connectivity index (χ3n) is 3.28. The minimum absolute atomic E-state index is 0.795. The van der Waals surface area contributed by atoms with Gasteiger partial charge in [0.1, 0.15) is 5.82 Å². The van der Waals surface area contributed by atoms with Crippen LogP contribution in [0.2, 0.25) is 0 Å². The molecule has 0 radical (unpaired) electrons. The van der Waals surface area contributed by atoms with Gasteiger partial charge in [0.05, 0.1) is 6.20 Å². The molecule has 1 aliphatic rings. The molecule has 2 rings (SSSR count). The Balaban J connectivity index is 1.67. The summed E-state index contributed by atoms with van der Waals surface area (Å²) >= 11 is 0. The Morgan fingerprint density at radius 1 is 1.38 bits per heavy atom. The quantitative estimate of drug-likeness (QED) is 0.821. The van der Waals surface area contributed by atoms with Crippen molar-refractivity contribution in [1.29, 1.82) is 0 Å². The molecular weight excluding hydrogens is 200 g/mol. The lowest BCUT2D eigenvalue weighted by atomic mass is 10.2. The highest BCUT2D eigenvalue weighted by atomic mass is 15.1. The number of nitrogens with one attached hydrogen (secondary N) is 1. The van der Waals surface area contributed by atoms with E-state index in [1.807, 2.05) is 0 Å². The number of rotatable bonds is 5. The van der Waals surface area contributed by atoms with Gasteiger partial charge in [0, 0.05) is 31.5 Å². The molecule has 1 aromatic rings. The van der Waals surface area contributed by atoms with Crippen molar-refractivity contribution in [2.24, 2.45) is 0 Å². The van der Waals surface area contributed by atoms with E-state index >= 15 is 0 Å². The number of hydrogen-bond acceptors (Lipinski definition) is 4. The van der Waals surface area contributed by atoms with Crippen LogP contribution in [0.3, 0.4) is 0 Å². The highest BCUT2D eigenvalue weighted by Crippen LogP contribution is 2.21. The molecule has 0 bridgehead atoms. The minimum atomic E-state index is 0.795. The molecule has 4 nitrogen and oxygen atoms in total. The minimum Gasteiger partial charge on any atom is -0.368 e. The Kier molecular flexibility index (Phi) is 4.10. The van der Waals surface area contributed by atoms with E-state index in [1.165, 1.54) is 25.7 Å². The van der Waals surface area contributed by atoms with Gasteiger partial charge in [-0.25, -0.2) is 4.98 Å². The predicted molar refractivity (Wildman–Crippen MR) is 65.4 cm³/mol. The summed E-state index contributed by atoms with van der Waals surface area (Å²) in [5, 5.41) is 3.28. The van der Waals surface area contributed by atoms with Gasteiger partial charge in [-0.2, -0.15) is 0 Å². The van der Waals surface area contributed by atoms with Crippen molar-refractivity contribution < 1.29 is 0 Å². The second-order valence-electron chi connectivity index (χ2n) is 4.44. The predicted octanol–water partition coefficient (Wildman–Crippen LogP) is 1.76. The Hall–Kier alpha value is -1.16. The number of hydrogen-bond donors (Lipinski definition) is 1. The van der Waals surface area contributed by atoms with Gasteiger partial charge >= 0.3 is 0 Å². The zero-order valence-electron chi connectivity index (χ0n) is 9.89. The first-order valence-electron chi connectivity index (χ1n) is 6.06. The molecule has 1 fully saturated rings. The van der Waals surface area contributed by atoms with Crippen LogP contribution in [-0.4, -0.2) is 41.0 Å². The standard InChI is InChI=1S/C12H20N4/c1-16(11-4-2-3-5-11)9-8-15-12-10-13-6-7-14-12/h6-7,10-11H,2-5,8-9H2,1H3,(H,14,15). The van der Waals surface area contributed by atoms with Gasteiger partial charge in [-0.3, -0.25) is 4.98 Å². The fourth-order valence-corrected chi connectivity index (χ4v) is 2.28. The highest BCUT2D eigenvalue weighted by molar-refractivity contribution is 5.29. The summed E-state index contributed by atoms with van der Waals surface area (Å²) in [5.41, 5.74) is 0. The van der Waals surface area contributed by atoms with Gasteiger partial charge in [0.25, 0.3) is 0 Å². The van der Waals surface area contributed by atoms with Gasteiger partial charge in [-0.05, 0) is 19.9 Å². The largest absolute Gasteiger partial charge is 0.368 e. The number of nitrogens with zero attached hydrogens (tertiary/aromatic N) is 3. The SMILES string of the molecule is CN(CCNc1cnccn1)C1CCCC1. The van der Waals surface area contributed by atoms with Crippen LogP contribution in [0, 0.1) is 0 Å². The molecule has 88 valence electrons. The van der Waals surface area contributed by atoms with E-state index in [2.05, 4.69) is 27.2 Å². The van der Waals surface area contributed by atoms with Gasteiger partial charge in [0.15, 0.2) is 0 Å². The molecule has 1 N–H and O–H groups in total. The van der Waals surface area contributed by atoms with Crippen molar-refractivity contribution in [1.82, 2.24) is 14.9 Å². The summed E-state index contributed by atoms with van der Waals surface area (Å²) in [4.78, 5) is 10.7. The summed E-state index contributed by atoms with van der Waals surface area (Å²) < 4.78 is 0. The van der Waals surface area contributed by atoms with Crippen molar-refractivity contribution in [2.45, 2.75) is 31.7 Å². The van der Waals surface area contributed by atoms with Gasteiger partial charge in [0.2, 0.25) is 0 Å². The molecule has 0 aliphatic heterocycles. The molecule has 0 saturated heterocycles. The van der Waals surface area contributed by atoms with E-state index in [9.17, 15) is 0 Å². The van der Waals surface area contributed by atoms with Crippen molar-refractivity contribution >= 4 is 5.82 Å². The topological polar surface area (TPSA) is 41.0 Å². The van der Waals surface area contributed by atoms with Crippen LogP contribution < -0.4 is 5.32 Å². The van der Waals surface area contributed by atoms with Crippen LogP contribution in [0.25, 0.3) is 0 Å². The third-order valence-corrected chi connectivity index (χ3v) is 3.28. The van der Waals surface area contributed by atoms with Crippen molar-refractivity contribution in [3.8, 4) is 0 Å². The molecule has 1 aromatic heterocycles. The van der Waals surface area contributed by atoms with Crippen LogP contribution >= 0.6 is 0 Å². The lowest BCUT2D eigenvalue weighted by molar-refractivity contribution is 0.254. The Bertz CT molecular complexity index is 295. The van der Waals surface area contributed by atoms with Gasteiger partial charge < -0.3 is 10.2 Å². The molecule has 0 atom stereocenters. The highest BCUT2D eigenvalue weighted by Gasteiger charge is 2.18. The summed E-state index contributed by atoms with van der Waals surface area (Å²) in [7, 11) is 2.22. The zero-order chi connectivity index (χ0) is 11.2. The van der Waals surface area contributed by atoms with E-state index in [-0.39, 0.29) is 0 Å². The van der Waals surface area contributed by atoms with E-state index < -0.39 is 0 Å². The summed E-state index contributed by atoms with van der Waals surface area (Å²) in [6, 6.07) is 0.795. The molecule has 1 aliphatic carbocycles. The van der Waals surface area contributed by atoms with Crippen molar-refractivity contribution in [3.63, 3.8) is 0 Å². The maximum absolute atomic E-state index is 4.18. The lowest BCUT2D eigenvalue weighted by Crippen LogP contribution is -2.33. The van der Waals surface area contributed by atoms with E-state index in [4.69, 9.17) is 0 Å². The average Bonchev–Trinajstić information content (AvgIpc) is 2.84. The summed E-state index contributed by atoms with van der Waals surface area (Å²) in [6.45, 7) is 2.01. The number of anilines is 1. The first-order valence-corrected chi connectivity index (χ1v) is 6.06. The normalized spacial score (nSPS) is 16.9. The first kappa shape index (κ1) is 11.3. The first-order chi connectivity index (χ1) is 7.86. The number of likely N-dealkylation sites (N-methyl/N-ethyl adjacent to an activating group) is 1. The molecule has 0 unspecified atom stereocenters. The van der Waals surface area contributed by atoms with Crippen LogP contribution in [0.5, 0.6) is 0 Å². The van der Waals surface area contributed by atoms with E-state index in [0.717, 1.165) is 24.9 Å². The van der Waals surface area contributed by atoms with Crippen LogP contribution in [-0.2, 0) is 0 Å². The second kappa shape index (κ2) is 5.80. The number of aromatic nitrogens is 2. The molecule has 1 heterocycles. The third kappa shape index (κ3) is 3.17. The van der Waals surface area contributed by atoms with E-state index in [0.29, 0.717) is 0 Å². The van der Waals surface area contributed by atoms with Crippen LogP contribution in [0.1, 0.15) is 25.7 Å². The Morgan fingerprint density at radius 3 is 2.88 bits per heavy atom. The zero-order valence-corrected chi connectivity index (χ0v) is 9.89. The average molecular weight is 220 g/mol. The summed E-state index contributed by atoms with van der Waals surface area (Å²) in [5.74, 6) is 0.863. The van der Waals surface area contributed by atoms with Crippen LogP contribution in [0.15, 0.2) is 18.6 Å². The fraction of sp³-hybridized carbons (Fsp3) is 0.667. The molecule has 0 amide bonds. The summed E-state index contributed by atoms with van der Waals surface area (Å²) in [6.07, 6.45) is 10.7. The van der Waals surface area contributed by atoms with E-state index in [1.54, 1.807) is 18.6 Å². The smallest absolute Gasteiger partial charge is 0.144 e. The van der Waals surface area contributed by atoms with Gasteiger partial charge in [-0.1, -0.05) is 12.8 Å². The fourth-order valence-electron chi connectivity index (χ4n) is 2.28. The van der Waals surface area contributed by atoms with Crippen molar-refractivity contribution in [2.75, 3.05) is 25.5 Å². The molecule has 0 spiro atoms. The molecule has 0 aromatic carbocycles. The second-order valence-corrected chi connectivity index (χ2v) is 4.44. The maximum Gasteiger partial charge on any atom is 0.144 e. The molecule has 4 heteroatoms. The molecule has 1 saturated carbocycles.